The lowest BCUT2D eigenvalue weighted by molar-refractivity contribution is 0.425. The second kappa shape index (κ2) is 5.99. The predicted octanol–water partition coefficient (Wildman–Crippen LogP) is 3.28. The Hall–Kier alpha value is -0.600. The molecule has 78 valence electrons. The molecule has 0 radical (unpaired) electrons. The number of halogens is 1. The van der Waals surface area contributed by atoms with Crippen LogP contribution >= 0.6 is 17.0 Å². The van der Waals surface area contributed by atoms with Crippen LogP contribution in [0.4, 0.5) is 0 Å². The number of rotatable bonds is 4. The average molecular weight is 256 g/mol. The second-order valence-corrected chi connectivity index (χ2v) is 3.66. The van der Waals surface area contributed by atoms with Crippen LogP contribution < -0.4 is 5.32 Å². The SMILES string of the molecule is Br.C=CCNC(C)(C)c1ccccc1. The third-order valence-corrected chi connectivity index (χ3v) is 2.18. The Morgan fingerprint density at radius 2 is 1.86 bits per heavy atom. The van der Waals surface area contributed by atoms with Gasteiger partial charge in [0.15, 0.2) is 0 Å². The molecule has 1 nitrogen and oxygen atoms in total. The molecule has 1 aromatic rings. The lowest BCUT2D eigenvalue weighted by atomic mass is 9.94. The first-order valence-electron chi connectivity index (χ1n) is 4.58. The van der Waals surface area contributed by atoms with Gasteiger partial charge >= 0.3 is 0 Å². The fraction of sp³-hybridized carbons (Fsp3) is 0.333. The van der Waals surface area contributed by atoms with Gasteiger partial charge in [-0.2, -0.15) is 0 Å². The van der Waals surface area contributed by atoms with Gasteiger partial charge in [-0.1, -0.05) is 36.4 Å². The summed E-state index contributed by atoms with van der Waals surface area (Å²) in [6, 6.07) is 10.4. The molecule has 2 heteroatoms. The summed E-state index contributed by atoms with van der Waals surface area (Å²) in [5.74, 6) is 0. The third-order valence-electron chi connectivity index (χ3n) is 2.18. The molecular formula is C12H18BrN. The van der Waals surface area contributed by atoms with Gasteiger partial charge in [-0.15, -0.1) is 23.6 Å². The number of benzene rings is 1. The molecule has 1 rings (SSSR count). The first kappa shape index (κ1) is 13.4. The van der Waals surface area contributed by atoms with Crippen LogP contribution in [-0.4, -0.2) is 6.54 Å². The van der Waals surface area contributed by atoms with Crippen molar-refractivity contribution in [1.29, 1.82) is 0 Å². The Kier molecular flexibility index (Phi) is 5.73. The van der Waals surface area contributed by atoms with Gasteiger partial charge in [0, 0.05) is 12.1 Å². The van der Waals surface area contributed by atoms with Gasteiger partial charge in [-0.05, 0) is 19.4 Å². The van der Waals surface area contributed by atoms with Crippen LogP contribution in [0.3, 0.4) is 0 Å². The maximum absolute atomic E-state index is 3.69. The van der Waals surface area contributed by atoms with Crippen LogP contribution in [0.25, 0.3) is 0 Å². The van der Waals surface area contributed by atoms with Crippen LogP contribution in [0.15, 0.2) is 43.0 Å². The molecule has 1 aromatic carbocycles. The lowest BCUT2D eigenvalue weighted by Gasteiger charge is -2.26. The monoisotopic (exact) mass is 255 g/mol. The minimum absolute atomic E-state index is 0. The molecule has 14 heavy (non-hydrogen) atoms. The van der Waals surface area contributed by atoms with Crippen LogP contribution in [-0.2, 0) is 5.54 Å². The minimum Gasteiger partial charge on any atom is -0.304 e. The molecule has 0 aliphatic carbocycles. The molecule has 0 aliphatic rings. The van der Waals surface area contributed by atoms with Gasteiger partial charge in [-0.25, -0.2) is 0 Å². The maximum Gasteiger partial charge on any atom is 0.0380 e. The van der Waals surface area contributed by atoms with E-state index in [4.69, 9.17) is 0 Å². The topological polar surface area (TPSA) is 12.0 Å². The van der Waals surface area contributed by atoms with Crippen LogP contribution in [0.2, 0.25) is 0 Å². The summed E-state index contributed by atoms with van der Waals surface area (Å²) in [4.78, 5) is 0. The summed E-state index contributed by atoms with van der Waals surface area (Å²) in [7, 11) is 0. The molecule has 0 aliphatic heterocycles. The summed E-state index contributed by atoms with van der Waals surface area (Å²) in [6.45, 7) is 8.88. The fourth-order valence-electron chi connectivity index (χ4n) is 1.28. The van der Waals surface area contributed by atoms with Crippen molar-refractivity contribution in [2.75, 3.05) is 6.54 Å². The quantitative estimate of drug-likeness (QED) is 0.815. The van der Waals surface area contributed by atoms with E-state index in [-0.39, 0.29) is 22.5 Å². The van der Waals surface area contributed by atoms with Gasteiger partial charge in [0.05, 0.1) is 0 Å². The van der Waals surface area contributed by atoms with Gasteiger partial charge in [-0.3, -0.25) is 0 Å². The Labute approximate surface area is 97.0 Å². The van der Waals surface area contributed by atoms with E-state index >= 15 is 0 Å². The Balaban J connectivity index is 0.00000169. The van der Waals surface area contributed by atoms with E-state index in [1.807, 2.05) is 12.1 Å². The van der Waals surface area contributed by atoms with Crippen molar-refractivity contribution in [1.82, 2.24) is 5.32 Å². The maximum atomic E-state index is 3.69. The largest absolute Gasteiger partial charge is 0.304 e. The molecule has 0 heterocycles. The highest BCUT2D eigenvalue weighted by atomic mass is 79.9. The molecule has 0 bridgehead atoms. The predicted molar refractivity (Wildman–Crippen MR) is 68.0 cm³/mol. The summed E-state index contributed by atoms with van der Waals surface area (Å²) in [6.07, 6.45) is 1.88. The molecule has 0 saturated heterocycles. The summed E-state index contributed by atoms with van der Waals surface area (Å²) in [5, 5.41) is 3.41. The number of hydrogen-bond donors (Lipinski definition) is 1. The second-order valence-electron chi connectivity index (χ2n) is 3.66. The Morgan fingerprint density at radius 3 is 2.36 bits per heavy atom. The zero-order valence-corrected chi connectivity index (χ0v) is 10.5. The number of nitrogens with one attached hydrogen (secondary N) is 1. The van der Waals surface area contributed by atoms with E-state index in [1.165, 1.54) is 5.56 Å². The highest BCUT2D eigenvalue weighted by Crippen LogP contribution is 2.18. The van der Waals surface area contributed by atoms with E-state index in [1.54, 1.807) is 0 Å². The molecule has 0 aromatic heterocycles. The molecule has 0 unspecified atom stereocenters. The van der Waals surface area contributed by atoms with Gasteiger partial charge < -0.3 is 5.32 Å². The highest BCUT2D eigenvalue weighted by molar-refractivity contribution is 8.93. The first-order chi connectivity index (χ1) is 6.17. The normalized spacial score (nSPS) is 10.4. The molecule has 0 fully saturated rings. The molecule has 0 amide bonds. The molecule has 0 atom stereocenters. The lowest BCUT2D eigenvalue weighted by Crippen LogP contribution is -2.36. The van der Waals surface area contributed by atoms with Crippen molar-refractivity contribution in [3.8, 4) is 0 Å². The van der Waals surface area contributed by atoms with Crippen LogP contribution in [0.1, 0.15) is 19.4 Å². The Morgan fingerprint density at radius 1 is 1.29 bits per heavy atom. The molecule has 1 N–H and O–H groups in total. The first-order valence-corrected chi connectivity index (χ1v) is 4.58. The zero-order chi connectivity index (χ0) is 9.73. The van der Waals surface area contributed by atoms with E-state index in [0.29, 0.717) is 0 Å². The summed E-state index contributed by atoms with van der Waals surface area (Å²) in [5.41, 5.74) is 1.33. The third kappa shape index (κ3) is 3.64. The molecule has 0 saturated carbocycles. The van der Waals surface area contributed by atoms with Crippen molar-refractivity contribution in [3.63, 3.8) is 0 Å². The van der Waals surface area contributed by atoms with Crippen molar-refractivity contribution in [2.45, 2.75) is 19.4 Å². The van der Waals surface area contributed by atoms with Gasteiger partial charge in [0.1, 0.15) is 0 Å². The molecular weight excluding hydrogens is 238 g/mol. The summed E-state index contributed by atoms with van der Waals surface area (Å²) < 4.78 is 0. The van der Waals surface area contributed by atoms with Crippen molar-refractivity contribution in [2.24, 2.45) is 0 Å². The van der Waals surface area contributed by atoms with Gasteiger partial charge in [0.25, 0.3) is 0 Å². The van der Waals surface area contributed by atoms with Crippen LogP contribution in [0, 0.1) is 0 Å². The van der Waals surface area contributed by atoms with E-state index in [9.17, 15) is 0 Å². The fourth-order valence-corrected chi connectivity index (χ4v) is 1.28. The highest BCUT2D eigenvalue weighted by Gasteiger charge is 2.17. The van der Waals surface area contributed by atoms with Crippen molar-refractivity contribution >= 4 is 17.0 Å². The summed E-state index contributed by atoms with van der Waals surface area (Å²) >= 11 is 0. The van der Waals surface area contributed by atoms with Crippen LogP contribution in [0.5, 0.6) is 0 Å². The average Bonchev–Trinajstić information content (AvgIpc) is 2.16. The molecule has 0 spiro atoms. The Bertz CT molecular complexity index is 267. The van der Waals surface area contributed by atoms with Gasteiger partial charge in [0.2, 0.25) is 0 Å². The van der Waals surface area contributed by atoms with Crippen molar-refractivity contribution in [3.05, 3.63) is 48.6 Å². The zero-order valence-electron chi connectivity index (χ0n) is 8.79. The van der Waals surface area contributed by atoms with E-state index < -0.39 is 0 Å². The van der Waals surface area contributed by atoms with E-state index in [2.05, 4.69) is 50.0 Å². The smallest absolute Gasteiger partial charge is 0.0380 e. The number of hydrogen-bond acceptors (Lipinski definition) is 1. The van der Waals surface area contributed by atoms with E-state index in [0.717, 1.165) is 6.54 Å². The van der Waals surface area contributed by atoms with Crippen molar-refractivity contribution < 1.29 is 0 Å². The minimum atomic E-state index is 0. The standard InChI is InChI=1S/C12H17N.BrH/c1-4-10-13-12(2,3)11-8-6-5-7-9-11;/h4-9,13H,1,10H2,2-3H3;1H.